The van der Waals surface area contributed by atoms with Crippen LogP contribution in [0.2, 0.25) is 18.1 Å². The smallest absolute Gasteiger partial charge is 0.192 e. The van der Waals surface area contributed by atoms with Crippen LogP contribution in [-0.4, -0.2) is 20.2 Å². The molecule has 0 radical (unpaired) electrons. The molecular weight excluding hydrogens is 184 g/mol. The summed E-state index contributed by atoms with van der Waals surface area (Å²) in [6.45, 7) is 14.1. The highest BCUT2D eigenvalue weighted by atomic mass is 32.1. The molecule has 0 amide bonds. The summed E-state index contributed by atoms with van der Waals surface area (Å²) >= 11 is 4.30. The number of hydrogen-bond donors (Lipinski definition) is 1. The van der Waals surface area contributed by atoms with Gasteiger partial charge in [0.1, 0.15) is 0 Å². The van der Waals surface area contributed by atoms with Gasteiger partial charge in [0.15, 0.2) is 8.32 Å². The SMILES string of the molecule is CC(S)CO[Si](C)(C)C(C)(C)C. The van der Waals surface area contributed by atoms with E-state index in [-0.39, 0.29) is 0 Å². The molecule has 0 saturated heterocycles. The largest absolute Gasteiger partial charge is 0.416 e. The molecule has 0 aliphatic carbocycles. The Hall–Kier alpha value is 0.527. The highest BCUT2D eigenvalue weighted by Gasteiger charge is 2.37. The van der Waals surface area contributed by atoms with Crippen molar-refractivity contribution in [3.8, 4) is 0 Å². The Bertz CT molecular complexity index is 138. The fourth-order valence-corrected chi connectivity index (χ4v) is 1.86. The third-order valence-electron chi connectivity index (χ3n) is 2.49. The molecule has 0 aromatic rings. The first-order chi connectivity index (χ1) is 5.17. The van der Waals surface area contributed by atoms with E-state index < -0.39 is 8.32 Å². The van der Waals surface area contributed by atoms with Gasteiger partial charge in [0.2, 0.25) is 0 Å². The first-order valence-electron chi connectivity index (χ1n) is 4.49. The Kier molecular flexibility index (Phi) is 4.34. The summed E-state index contributed by atoms with van der Waals surface area (Å²) in [7, 11) is -1.52. The summed E-state index contributed by atoms with van der Waals surface area (Å²) in [6.07, 6.45) is 0. The van der Waals surface area contributed by atoms with Crippen LogP contribution in [0.25, 0.3) is 0 Å². The van der Waals surface area contributed by atoms with Gasteiger partial charge >= 0.3 is 0 Å². The lowest BCUT2D eigenvalue weighted by Gasteiger charge is -2.36. The lowest BCUT2D eigenvalue weighted by atomic mass is 10.2. The second-order valence-corrected chi connectivity index (χ2v) is 10.6. The highest BCUT2D eigenvalue weighted by molar-refractivity contribution is 7.80. The molecule has 0 saturated carbocycles. The standard InChI is InChI=1S/C9H22OSSi/c1-8(11)7-10-12(5,6)9(2,3)4/h8,11H,7H2,1-6H3. The van der Waals surface area contributed by atoms with E-state index in [0.29, 0.717) is 10.3 Å². The Balaban J connectivity index is 4.05. The topological polar surface area (TPSA) is 9.23 Å². The Morgan fingerprint density at radius 1 is 1.33 bits per heavy atom. The maximum atomic E-state index is 5.92. The van der Waals surface area contributed by atoms with E-state index in [1.54, 1.807) is 0 Å². The molecule has 0 aliphatic heterocycles. The van der Waals surface area contributed by atoms with Gasteiger partial charge in [0.05, 0.1) is 0 Å². The van der Waals surface area contributed by atoms with E-state index in [1.807, 2.05) is 0 Å². The van der Waals surface area contributed by atoms with Gasteiger partial charge in [0.25, 0.3) is 0 Å². The highest BCUT2D eigenvalue weighted by Crippen LogP contribution is 2.36. The quantitative estimate of drug-likeness (QED) is 0.550. The number of thiol groups is 1. The van der Waals surface area contributed by atoms with Crippen LogP contribution in [0.15, 0.2) is 0 Å². The van der Waals surface area contributed by atoms with E-state index in [1.165, 1.54) is 0 Å². The molecular formula is C9H22OSSi. The fraction of sp³-hybridized carbons (Fsp3) is 1.00. The predicted octanol–water partition coefficient (Wildman–Crippen LogP) is 3.33. The van der Waals surface area contributed by atoms with Gasteiger partial charge in [-0.25, -0.2) is 0 Å². The van der Waals surface area contributed by atoms with E-state index in [4.69, 9.17) is 4.43 Å². The molecule has 0 rings (SSSR count). The zero-order chi connectivity index (χ0) is 9.99. The monoisotopic (exact) mass is 206 g/mol. The maximum absolute atomic E-state index is 5.92. The summed E-state index contributed by atoms with van der Waals surface area (Å²) in [5.74, 6) is 0. The van der Waals surface area contributed by atoms with E-state index >= 15 is 0 Å². The molecule has 0 N–H and O–H groups in total. The minimum absolute atomic E-state index is 0.315. The molecule has 1 atom stereocenters. The van der Waals surface area contributed by atoms with Gasteiger partial charge in [-0.2, -0.15) is 12.6 Å². The molecule has 0 bridgehead atoms. The molecule has 1 nitrogen and oxygen atoms in total. The van der Waals surface area contributed by atoms with Crippen LogP contribution in [0.4, 0.5) is 0 Å². The Morgan fingerprint density at radius 2 is 1.75 bits per heavy atom. The summed E-state index contributed by atoms with van der Waals surface area (Å²) in [5.41, 5.74) is 0. The normalized spacial score (nSPS) is 16.2. The molecule has 0 aliphatic rings. The molecule has 0 aromatic heterocycles. The zero-order valence-corrected chi connectivity index (χ0v) is 11.0. The van der Waals surface area contributed by atoms with Gasteiger partial charge in [-0.3, -0.25) is 0 Å². The minimum atomic E-state index is -1.52. The summed E-state index contributed by atoms with van der Waals surface area (Å²) in [4.78, 5) is 0. The van der Waals surface area contributed by atoms with Crippen molar-refractivity contribution in [2.75, 3.05) is 6.61 Å². The number of hydrogen-bond acceptors (Lipinski definition) is 2. The average molecular weight is 206 g/mol. The van der Waals surface area contributed by atoms with Gasteiger partial charge in [-0.15, -0.1) is 0 Å². The van der Waals surface area contributed by atoms with Crippen molar-refractivity contribution in [3.05, 3.63) is 0 Å². The molecule has 3 heteroatoms. The third kappa shape index (κ3) is 3.96. The van der Waals surface area contributed by atoms with Crippen LogP contribution < -0.4 is 0 Å². The summed E-state index contributed by atoms with van der Waals surface area (Å²) in [6, 6.07) is 0. The van der Waals surface area contributed by atoms with Crippen molar-refractivity contribution >= 4 is 20.9 Å². The van der Waals surface area contributed by atoms with Gasteiger partial charge in [0, 0.05) is 11.9 Å². The molecule has 74 valence electrons. The van der Waals surface area contributed by atoms with Crippen LogP contribution in [0, 0.1) is 0 Å². The lowest BCUT2D eigenvalue weighted by molar-refractivity contribution is 0.293. The molecule has 1 unspecified atom stereocenters. The number of rotatable bonds is 3. The predicted molar refractivity (Wildman–Crippen MR) is 61.6 cm³/mol. The first kappa shape index (κ1) is 12.5. The van der Waals surface area contributed by atoms with E-state index in [9.17, 15) is 0 Å². The van der Waals surface area contributed by atoms with E-state index in [0.717, 1.165) is 6.61 Å². The zero-order valence-electron chi connectivity index (χ0n) is 9.14. The fourth-order valence-electron chi connectivity index (χ4n) is 0.545. The first-order valence-corrected chi connectivity index (χ1v) is 7.91. The van der Waals surface area contributed by atoms with Crippen molar-refractivity contribution in [1.29, 1.82) is 0 Å². The van der Waals surface area contributed by atoms with Crippen LogP contribution in [0.1, 0.15) is 27.7 Å². The van der Waals surface area contributed by atoms with Crippen molar-refractivity contribution in [2.45, 2.75) is 51.1 Å². The minimum Gasteiger partial charge on any atom is -0.416 e. The van der Waals surface area contributed by atoms with E-state index in [2.05, 4.69) is 53.4 Å². The van der Waals surface area contributed by atoms with Crippen molar-refractivity contribution in [2.24, 2.45) is 0 Å². The van der Waals surface area contributed by atoms with Crippen molar-refractivity contribution in [3.63, 3.8) is 0 Å². The Morgan fingerprint density at radius 3 is 2.00 bits per heavy atom. The van der Waals surface area contributed by atoms with Crippen LogP contribution in [-0.2, 0) is 4.43 Å². The van der Waals surface area contributed by atoms with Crippen LogP contribution in [0.5, 0.6) is 0 Å². The second kappa shape index (κ2) is 4.16. The van der Waals surface area contributed by atoms with Crippen molar-refractivity contribution < 1.29 is 4.43 Å². The molecule has 0 fully saturated rings. The molecule has 0 spiro atoms. The van der Waals surface area contributed by atoms with Crippen LogP contribution in [0.3, 0.4) is 0 Å². The summed E-state index contributed by atoms with van der Waals surface area (Å²) < 4.78 is 5.92. The average Bonchev–Trinajstić information content (AvgIpc) is 1.81. The Labute approximate surface area is 83.4 Å². The second-order valence-electron chi connectivity index (χ2n) is 4.92. The molecule has 0 aromatic carbocycles. The summed E-state index contributed by atoms with van der Waals surface area (Å²) in [5, 5.41) is 0.662. The maximum Gasteiger partial charge on any atom is 0.192 e. The molecule has 12 heavy (non-hydrogen) atoms. The molecule has 0 heterocycles. The van der Waals surface area contributed by atoms with Crippen molar-refractivity contribution in [1.82, 2.24) is 0 Å². The van der Waals surface area contributed by atoms with Gasteiger partial charge in [-0.05, 0) is 18.1 Å². The third-order valence-corrected chi connectivity index (χ3v) is 7.14. The lowest BCUT2D eigenvalue weighted by Crippen LogP contribution is -2.41. The van der Waals surface area contributed by atoms with Gasteiger partial charge < -0.3 is 4.43 Å². The van der Waals surface area contributed by atoms with Gasteiger partial charge in [-0.1, -0.05) is 27.7 Å². The van der Waals surface area contributed by atoms with Crippen LogP contribution >= 0.6 is 12.6 Å².